The van der Waals surface area contributed by atoms with Crippen LogP contribution in [-0.2, 0) is 16.0 Å². The van der Waals surface area contributed by atoms with Crippen LogP contribution >= 0.6 is 0 Å². The predicted octanol–water partition coefficient (Wildman–Crippen LogP) is 3.16. The average molecular weight is 339 g/mol. The molecule has 0 aromatic heterocycles. The zero-order valence-electron chi connectivity index (χ0n) is 11.6. The van der Waals surface area contributed by atoms with E-state index in [-0.39, 0.29) is 12.2 Å². The fourth-order valence-corrected chi connectivity index (χ4v) is 1.63. The molecule has 0 amide bonds. The minimum Gasteiger partial charge on any atom is -0.466 e. The van der Waals surface area contributed by atoms with Gasteiger partial charge in [-0.2, -0.15) is 14.0 Å². The minimum atomic E-state index is -5.21. The molecule has 0 aliphatic heterocycles. The van der Waals surface area contributed by atoms with E-state index in [2.05, 4.69) is 14.2 Å². The normalized spacial score (nSPS) is 11.0. The zero-order valence-corrected chi connectivity index (χ0v) is 11.6. The van der Waals surface area contributed by atoms with Gasteiger partial charge in [-0.05, 0) is 24.6 Å². The lowest BCUT2D eigenvalue weighted by Gasteiger charge is -2.16. The number of hydrogen-bond acceptors (Lipinski definition) is 5. The summed E-state index contributed by atoms with van der Waals surface area (Å²) in [4.78, 5) is 11.4. The van der Waals surface area contributed by atoms with Crippen molar-refractivity contribution in [2.45, 2.75) is 26.3 Å². The number of carbonyl (C=O) groups excluding carboxylic acids is 1. The van der Waals surface area contributed by atoms with Crippen LogP contribution in [0.25, 0.3) is 0 Å². The smallest absolute Gasteiger partial charge is 0.466 e. The molecule has 10 heteroatoms. The van der Waals surface area contributed by atoms with Crippen LogP contribution in [0.15, 0.2) is 12.1 Å². The van der Waals surface area contributed by atoms with Gasteiger partial charge in [0, 0.05) is 0 Å². The number of esters is 1. The van der Waals surface area contributed by atoms with Gasteiger partial charge in [0.25, 0.3) is 0 Å². The van der Waals surface area contributed by atoms with E-state index < -0.39 is 42.4 Å². The third kappa shape index (κ3) is 5.98. The molecule has 0 heterocycles. The first-order valence-corrected chi connectivity index (χ1v) is 6.09. The van der Waals surface area contributed by atoms with Crippen LogP contribution in [0, 0.1) is 11.3 Å². The summed E-state index contributed by atoms with van der Waals surface area (Å²) in [6, 6.07) is 3.03. The number of hydrogen-bond donors (Lipinski definition) is 0. The summed E-state index contributed by atoms with van der Waals surface area (Å²) in [5.41, 5.74) is -0.745. The quantitative estimate of drug-likeness (QED) is 0.588. The molecule has 0 spiro atoms. The predicted molar refractivity (Wildman–Crippen MR) is 64.8 cm³/mol. The largest absolute Gasteiger partial charge is 0.573 e. The molecule has 0 unspecified atom stereocenters. The Bertz CT molecular complexity index is 610. The molecule has 1 aromatic rings. The highest BCUT2D eigenvalue weighted by atomic mass is 19.4. The van der Waals surface area contributed by atoms with Gasteiger partial charge in [0.2, 0.25) is 0 Å². The fourth-order valence-electron chi connectivity index (χ4n) is 1.63. The Morgan fingerprint density at radius 1 is 1.35 bits per heavy atom. The number of carbonyl (C=O) groups is 1. The Hall–Kier alpha value is -2.57. The highest BCUT2D eigenvalue weighted by molar-refractivity contribution is 5.73. The van der Waals surface area contributed by atoms with Crippen LogP contribution < -0.4 is 9.47 Å². The molecule has 0 radical (unpaired) electrons. The van der Waals surface area contributed by atoms with Gasteiger partial charge >= 0.3 is 18.9 Å². The van der Waals surface area contributed by atoms with E-state index in [9.17, 15) is 26.7 Å². The molecule has 0 saturated heterocycles. The molecule has 0 N–H and O–H groups in total. The first-order chi connectivity index (χ1) is 10.7. The van der Waals surface area contributed by atoms with Crippen molar-refractivity contribution < 1.29 is 41.0 Å². The van der Waals surface area contributed by atoms with Gasteiger partial charge in [-0.25, -0.2) is 0 Å². The van der Waals surface area contributed by atoms with E-state index in [1.807, 2.05) is 0 Å². The average Bonchev–Trinajstić information content (AvgIpc) is 2.39. The van der Waals surface area contributed by atoms with E-state index in [4.69, 9.17) is 5.26 Å². The molecule has 0 saturated carbocycles. The lowest BCUT2D eigenvalue weighted by molar-refractivity contribution is -0.275. The zero-order chi connectivity index (χ0) is 17.6. The summed E-state index contributed by atoms with van der Waals surface area (Å²) < 4.78 is 73.9. The monoisotopic (exact) mass is 339 g/mol. The van der Waals surface area contributed by atoms with Crippen molar-refractivity contribution in [2.24, 2.45) is 0 Å². The Balaban J connectivity index is 3.28. The number of benzene rings is 1. The summed E-state index contributed by atoms with van der Waals surface area (Å²) in [5.74, 6) is -2.95. The molecule has 0 fully saturated rings. The molecular weight excluding hydrogens is 329 g/mol. The number of alkyl halides is 5. The summed E-state index contributed by atoms with van der Waals surface area (Å²) in [5, 5.41) is 8.88. The van der Waals surface area contributed by atoms with E-state index in [1.165, 1.54) is 13.0 Å². The highest BCUT2D eigenvalue weighted by Gasteiger charge is 2.34. The SMILES string of the molecule is CCOC(=O)Cc1cc(C#N)c(OC(F)(F)F)c(OC(F)F)c1. The maximum atomic E-state index is 12.4. The van der Waals surface area contributed by atoms with Crippen molar-refractivity contribution in [3.05, 3.63) is 23.3 Å². The highest BCUT2D eigenvalue weighted by Crippen LogP contribution is 2.37. The topological polar surface area (TPSA) is 68.6 Å². The van der Waals surface area contributed by atoms with Crippen molar-refractivity contribution in [3.8, 4) is 17.6 Å². The number of halogens is 5. The lowest BCUT2D eigenvalue weighted by atomic mass is 10.1. The molecule has 1 rings (SSSR count). The summed E-state index contributed by atoms with van der Waals surface area (Å²) in [6.45, 7) is -1.86. The van der Waals surface area contributed by atoms with Crippen molar-refractivity contribution in [3.63, 3.8) is 0 Å². The molecule has 1 aromatic carbocycles. The fraction of sp³-hybridized carbons (Fsp3) is 0.385. The van der Waals surface area contributed by atoms with E-state index in [0.29, 0.717) is 0 Å². The first kappa shape index (κ1) is 18.5. The molecule has 0 aliphatic rings. The number of nitrogens with zero attached hydrogens (tertiary/aromatic N) is 1. The molecule has 0 atom stereocenters. The Morgan fingerprint density at radius 3 is 2.48 bits per heavy atom. The summed E-state index contributed by atoms with van der Waals surface area (Å²) >= 11 is 0. The molecule has 126 valence electrons. The van der Waals surface area contributed by atoms with Crippen LogP contribution in [0.3, 0.4) is 0 Å². The van der Waals surface area contributed by atoms with Crippen molar-refractivity contribution in [1.82, 2.24) is 0 Å². The third-order valence-electron chi connectivity index (χ3n) is 2.32. The van der Waals surface area contributed by atoms with Crippen LogP contribution in [0.2, 0.25) is 0 Å². The second-order valence-electron chi connectivity index (χ2n) is 3.99. The van der Waals surface area contributed by atoms with E-state index >= 15 is 0 Å². The molecule has 0 aliphatic carbocycles. The van der Waals surface area contributed by atoms with Gasteiger partial charge in [-0.1, -0.05) is 0 Å². The van der Waals surface area contributed by atoms with Gasteiger partial charge in [-0.15, -0.1) is 13.2 Å². The summed E-state index contributed by atoms with van der Waals surface area (Å²) in [7, 11) is 0. The van der Waals surface area contributed by atoms with E-state index in [0.717, 1.165) is 12.1 Å². The maximum Gasteiger partial charge on any atom is 0.573 e. The number of rotatable bonds is 6. The standard InChI is InChI=1S/C13H10F5NO4/c1-2-21-10(20)5-7-3-8(6-19)11(23-13(16,17)18)9(4-7)22-12(14)15/h3-4,12H,2,5H2,1H3. The second-order valence-corrected chi connectivity index (χ2v) is 3.99. The number of ether oxygens (including phenoxy) is 3. The Labute approximate surface area is 127 Å². The third-order valence-corrected chi connectivity index (χ3v) is 2.32. The van der Waals surface area contributed by atoms with Crippen LogP contribution in [0.4, 0.5) is 22.0 Å². The maximum absolute atomic E-state index is 12.4. The second kappa shape index (κ2) is 7.62. The molecule has 23 heavy (non-hydrogen) atoms. The van der Waals surface area contributed by atoms with Gasteiger partial charge in [0.1, 0.15) is 6.07 Å². The molecule has 5 nitrogen and oxygen atoms in total. The Kier molecular flexibility index (Phi) is 6.12. The van der Waals surface area contributed by atoms with Gasteiger partial charge in [0.05, 0.1) is 18.6 Å². The van der Waals surface area contributed by atoms with Crippen molar-refractivity contribution in [2.75, 3.05) is 6.61 Å². The van der Waals surface area contributed by atoms with E-state index in [1.54, 1.807) is 0 Å². The van der Waals surface area contributed by atoms with Gasteiger partial charge in [0.15, 0.2) is 11.5 Å². The van der Waals surface area contributed by atoms with Gasteiger partial charge < -0.3 is 14.2 Å². The van der Waals surface area contributed by atoms with Crippen LogP contribution in [0.5, 0.6) is 11.5 Å². The van der Waals surface area contributed by atoms with Crippen LogP contribution in [-0.4, -0.2) is 25.6 Å². The minimum absolute atomic E-state index is 0.0369. The number of nitriles is 1. The Morgan fingerprint density at radius 2 is 2.00 bits per heavy atom. The van der Waals surface area contributed by atoms with Gasteiger partial charge in [-0.3, -0.25) is 4.79 Å². The van der Waals surface area contributed by atoms with Crippen LogP contribution in [0.1, 0.15) is 18.1 Å². The molecule has 0 bridgehead atoms. The van der Waals surface area contributed by atoms with Crippen molar-refractivity contribution in [1.29, 1.82) is 5.26 Å². The first-order valence-electron chi connectivity index (χ1n) is 6.09. The summed E-state index contributed by atoms with van der Waals surface area (Å²) in [6.07, 6.45) is -5.65. The lowest BCUT2D eigenvalue weighted by Crippen LogP contribution is -2.19. The van der Waals surface area contributed by atoms with Crippen molar-refractivity contribution >= 4 is 5.97 Å². The molecular formula is C13H10F5NO4.